The van der Waals surface area contributed by atoms with Gasteiger partial charge in [-0.05, 0) is 30.5 Å². The number of ether oxygens (including phenoxy) is 2. The maximum atomic E-state index is 11.8. The number of hydrogen-bond donors (Lipinski definition) is 1. The molecular weight excluding hydrogens is 234 g/mol. The molecule has 0 saturated heterocycles. The molecule has 0 fully saturated rings. The maximum absolute atomic E-state index is 11.8. The molecule has 0 unspecified atom stereocenters. The summed E-state index contributed by atoms with van der Waals surface area (Å²) >= 11 is 0. The summed E-state index contributed by atoms with van der Waals surface area (Å²) in [5.74, 6) is -0.0489. The predicted octanol–water partition coefficient (Wildman–Crippen LogP) is 1.71. The van der Waals surface area contributed by atoms with Crippen LogP contribution in [0.1, 0.15) is 17.3 Å². The van der Waals surface area contributed by atoms with Gasteiger partial charge in [-0.3, -0.25) is 9.78 Å². The van der Waals surface area contributed by atoms with Gasteiger partial charge in [0.2, 0.25) is 0 Å². The number of carbonyl (C=O) groups excluding carboxylic acids is 1. The third kappa shape index (κ3) is 2.20. The van der Waals surface area contributed by atoms with E-state index < -0.39 is 5.97 Å². The smallest absolute Gasteiger partial charge is 0.337 e. The van der Waals surface area contributed by atoms with E-state index in [0.29, 0.717) is 28.8 Å². The molecule has 0 aliphatic heterocycles. The van der Waals surface area contributed by atoms with Crippen molar-refractivity contribution in [1.82, 2.24) is 4.98 Å². The lowest BCUT2D eigenvalue weighted by Gasteiger charge is -2.05. The Morgan fingerprint density at radius 2 is 2.11 bits per heavy atom. The molecule has 1 heterocycles. The lowest BCUT2D eigenvalue weighted by Crippen LogP contribution is -2.09. The monoisotopic (exact) mass is 247 g/mol. The van der Waals surface area contributed by atoms with E-state index in [4.69, 9.17) is 4.74 Å². The normalized spacial score (nSPS) is 10.3. The first-order chi connectivity index (χ1) is 8.65. The van der Waals surface area contributed by atoms with Gasteiger partial charge in [-0.15, -0.1) is 0 Å². The fraction of sp³-hybridized carbons (Fsp3) is 0.231. The van der Waals surface area contributed by atoms with Crippen molar-refractivity contribution in [3.05, 3.63) is 40.2 Å². The highest BCUT2D eigenvalue weighted by molar-refractivity contribution is 5.95. The molecule has 18 heavy (non-hydrogen) atoms. The van der Waals surface area contributed by atoms with Crippen molar-refractivity contribution in [3.8, 4) is 5.88 Å². The number of pyridine rings is 1. The average molecular weight is 247 g/mol. The summed E-state index contributed by atoms with van der Waals surface area (Å²) in [6.07, 6.45) is 0. The second-order valence-electron chi connectivity index (χ2n) is 3.69. The van der Waals surface area contributed by atoms with E-state index in [9.17, 15) is 9.59 Å². The van der Waals surface area contributed by atoms with Crippen LogP contribution < -0.4 is 10.3 Å². The molecule has 0 spiro atoms. The van der Waals surface area contributed by atoms with Crippen LogP contribution in [0.2, 0.25) is 0 Å². The molecule has 2 rings (SSSR count). The SMILES string of the molecule is CCOc1cc2cc(C(=O)OC)ccc2c(=O)[nH]1. The number of esters is 1. The number of benzene rings is 1. The van der Waals surface area contributed by atoms with Crippen molar-refractivity contribution < 1.29 is 14.3 Å². The Bertz CT molecular complexity index is 645. The molecule has 0 aliphatic carbocycles. The minimum Gasteiger partial charge on any atom is -0.479 e. The summed E-state index contributed by atoms with van der Waals surface area (Å²) in [7, 11) is 1.32. The van der Waals surface area contributed by atoms with Crippen molar-refractivity contribution in [1.29, 1.82) is 0 Å². The van der Waals surface area contributed by atoms with Crippen LogP contribution in [0, 0.1) is 0 Å². The zero-order valence-electron chi connectivity index (χ0n) is 10.1. The fourth-order valence-electron chi connectivity index (χ4n) is 1.72. The van der Waals surface area contributed by atoms with E-state index in [1.807, 2.05) is 6.92 Å². The highest BCUT2D eigenvalue weighted by Gasteiger charge is 2.08. The van der Waals surface area contributed by atoms with Crippen LogP contribution in [0.3, 0.4) is 0 Å². The summed E-state index contributed by atoms with van der Waals surface area (Å²) in [6, 6.07) is 6.45. The molecule has 0 radical (unpaired) electrons. The zero-order valence-corrected chi connectivity index (χ0v) is 10.1. The summed E-state index contributed by atoms with van der Waals surface area (Å²) in [4.78, 5) is 25.8. The van der Waals surface area contributed by atoms with Crippen molar-refractivity contribution in [3.63, 3.8) is 0 Å². The molecule has 0 atom stereocenters. The molecule has 0 bridgehead atoms. The van der Waals surface area contributed by atoms with Crippen LogP contribution >= 0.6 is 0 Å². The number of hydrogen-bond acceptors (Lipinski definition) is 4. The highest BCUT2D eigenvalue weighted by atomic mass is 16.5. The molecular formula is C13H13NO4. The van der Waals surface area contributed by atoms with Gasteiger partial charge in [0, 0.05) is 11.5 Å². The van der Waals surface area contributed by atoms with Gasteiger partial charge in [-0.25, -0.2) is 4.79 Å². The molecule has 0 saturated carbocycles. The van der Waals surface area contributed by atoms with Crippen molar-refractivity contribution >= 4 is 16.7 Å². The van der Waals surface area contributed by atoms with Gasteiger partial charge in [-0.2, -0.15) is 0 Å². The Morgan fingerprint density at radius 3 is 2.78 bits per heavy atom. The second kappa shape index (κ2) is 4.91. The van der Waals surface area contributed by atoms with E-state index in [1.165, 1.54) is 7.11 Å². The molecule has 2 aromatic rings. The third-order valence-corrected chi connectivity index (χ3v) is 2.54. The van der Waals surface area contributed by atoms with Crippen molar-refractivity contribution in [2.24, 2.45) is 0 Å². The number of carbonyl (C=O) groups is 1. The molecule has 1 N–H and O–H groups in total. The number of fused-ring (bicyclic) bond motifs is 1. The van der Waals surface area contributed by atoms with Crippen LogP contribution in [0.25, 0.3) is 10.8 Å². The van der Waals surface area contributed by atoms with E-state index in [2.05, 4.69) is 9.72 Å². The lowest BCUT2D eigenvalue weighted by atomic mass is 10.1. The van der Waals surface area contributed by atoms with Gasteiger partial charge >= 0.3 is 5.97 Å². The Hall–Kier alpha value is -2.30. The Balaban J connectivity index is 2.60. The molecule has 0 amide bonds. The van der Waals surface area contributed by atoms with Gasteiger partial charge in [0.05, 0.1) is 19.3 Å². The predicted molar refractivity (Wildman–Crippen MR) is 67.1 cm³/mol. The van der Waals surface area contributed by atoms with Gasteiger partial charge in [0.1, 0.15) is 0 Å². The third-order valence-electron chi connectivity index (χ3n) is 2.54. The first-order valence-corrected chi connectivity index (χ1v) is 5.54. The molecule has 1 aromatic carbocycles. The Morgan fingerprint density at radius 1 is 1.33 bits per heavy atom. The van der Waals surface area contributed by atoms with E-state index in [1.54, 1.807) is 24.3 Å². The molecule has 5 heteroatoms. The molecule has 5 nitrogen and oxygen atoms in total. The van der Waals surface area contributed by atoms with Gasteiger partial charge in [-0.1, -0.05) is 0 Å². The minimum atomic E-state index is -0.435. The number of H-pyrrole nitrogens is 1. The molecule has 94 valence electrons. The van der Waals surface area contributed by atoms with Crippen LogP contribution in [-0.2, 0) is 4.74 Å². The van der Waals surface area contributed by atoms with E-state index >= 15 is 0 Å². The van der Waals surface area contributed by atoms with E-state index in [0.717, 1.165) is 0 Å². The highest BCUT2D eigenvalue weighted by Crippen LogP contribution is 2.17. The van der Waals surface area contributed by atoms with E-state index in [-0.39, 0.29) is 5.56 Å². The van der Waals surface area contributed by atoms with Crippen molar-refractivity contribution in [2.75, 3.05) is 13.7 Å². The lowest BCUT2D eigenvalue weighted by molar-refractivity contribution is 0.0601. The fourth-order valence-corrected chi connectivity index (χ4v) is 1.72. The number of nitrogens with one attached hydrogen (secondary N) is 1. The van der Waals surface area contributed by atoms with Crippen LogP contribution in [0.4, 0.5) is 0 Å². The number of methoxy groups -OCH3 is 1. The molecule has 0 aliphatic rings. The topological polar surface area (TPSA) is 68.4 Å². The summed E-state index contributed by atoms with van der Waals surface area (Å²) < 4.78 is 9.89. The van der Waals surface area contributed by atoms with Crippen LogP contribution in [0.15, 0.2) is 29.1 Å². The first kappa shape index (κ1) is 12.2. The average Bonchev–Trinajstić information content (AvgIpc) is 2.37. The van der Waals surface area contributed by atoms with Gasteiger partial charge < -0.3 is 9.47 Å². The van der Waals surface area contributed by atoms with Crippen LogP contribution in [0.5, 0.6) is 5.88 Å². The second-order valence-corrected chi connectivity index (χ2v) is 3.69. The maximum Gasteiger partial charge on any atom is 0.337 e. The Labute approximate surface area is 103 Å². The standard InChI is InChI=1S/C13H13NO4/c1-3-18-11-7-9-6-8(13(16)17-2)4-5-10(9)12(15)14-11/h4-7H,3H2,1-2H3,(H,14,15). The largest absolute Gasteiger partial charge is 0.479 e. The van der Waals surface area contributed by atoms with Gasteiger partial charge in [0.25, 0.3) is 5.56 Å². The Kier molecular flexibility index (Phi) is 3.32. The number of aromatic amines is 1. The summed E-state index contributed by atoms with van der Waals surface area (Å²) in [6.45, 7) is 2.28. The van der Waals surface area contributed by atoms with Gasteiger partial charge in [0.15, 0.2) is 5.88 Å². The summed E-state index contributed by atoms with van der Waals surface area (Å²) in [5.41, 5.74) is 0.158. The molecule has 1 aromatic heterocycles. The minimum absolute atomic E-state index is 0.243. The number of rotatable bonds is 3. The summed E-state index contributed by atoms with van der Waals surface area (Å²) in [5, 5.41) is 1.15. The van der Waals surface area contributed by atoms with Crippen molar-refractivity contribution in [2.45, 2.75) is 6.92 Å². The number of aromatic nitrogens is 1. The quantitative estimate of drug-likeness (QED) is 0.838. The van der Waals surface area contributed by atoms with Crippen LogP contribution in [-0.4, -0.2) is 24.7 Å². The zero-order chi connectivity index (χ0) is 13.1. The first-order valence-electron chi connectivity index (χ1n) is 5.54.